The van der Waals surface area contributed by atoms with E-state index < -0.39 is 17.4 Å². The number of allylic oxidation sites excluding steroid dienone is 2. The van der Waals surface area contributed by atoms with Gasteiger partial charge < -0.3 is 10.2 Å². The molecule has 0 radical (unpaired) electrons. The number of halogens is 3. The molecular formula is C12H18F3N3O. The third-order valence-corrected chi connectivity index (χ3v) is 3.46. The Bertz CT molecular complexity index is 375. The molecule has 0 bridgehead atoms. The normalized spacial score (nSPS) is 29.4. The van der Waals surface area contributed by atoms with Crippen molar-refractivity contribution in [2.75, 3.05) is 33.3 Å². The highest BCUT2D eigenvalue weighted by Crippen LogP contribution is 2.33. The van der Waals surface area contributed by atoms with Crippen LogP contribution in [-0.4, -0.2) is 50.0 Å². The molecule has 0 aromatic carbocycles. The Hall–Kier alpha value is -0.890. The van der Waals surface area contributed by atoms with Gasteiger partial charge in [0, 0.05) is 32.6 Å². The second kappa shape index (κ2) is 5.62. The smallest absolute Gasteiger partial charge is 0.314 e. The lowest BCUT2D eigenvalue weighted by atomic mass is 9.94. The average molecular weight is 277 g/mol. The van der Waals surface area contributed by atoms with Crippen LogP contribution in [-0.2, 0) is 4.84 Å². The first-order valence-corrected chi connectivity index (χ1v) is 6.20. The summed E-state index contributed by atoms with van der Waals surface area (Å²) in [5.41, 5.74) is 1.55. The third kappa shape index (κ3) is 3.17. The average Bonchev–Trinajstić information content (AvgIpc) is 2.39. The fourth-order valence-electron chi connectivity index (χ4n) is 2.45. The van der Waals surface area contributed by atoms with E-state index in [9.17, 15) is 13.2 Å². The Morgan fingerprint density at radius 2 is 2.05 bits per heavy atom. The van der Waals surface area contributed by atoms with Gasteiger partial charge in [-0.3, -0.25) is 4.90 Å². The molecule has 1 atom stereocenters. The van der Waals surface area contributed by atoms with Crippen LogP contribution in [0.25, 0.3) is 0 Å². The molecule has 1 aliphatic heterocycles. The quantitative estimate of drug-likeness (QED) is 0.760. The summed E-state index contributed by atoms with van der Waals surface area (Å²) in [6.07, 6.45) is -0.179. The summed E-state index contributed by atoms with van der Waals surface area (Å²) >= 11 is 0. The second-order valence-electron chi connectivity index (χ2n) is 4.66. The summed E-state index contributed by atoms with van der Waals surface area (Å²) in [4.78, 5) is 7.08. The molecule has 0 spiro atoms. The molecule has 0 saturated carbocycles. The Kier molecular flexibility index (Phi) is 4.29. The van der Waals surface area contributed by atoms with Gasteiger partial charge in [0.05, 0.1) is 12.7 Å². The molecule has 1 saturated heterocycles. The number of piperazine rings is 1. The highest BCUT2D eigenvalue weighted by Gasteiger charge is 2.40. The molecule has 2 aliphatic rings. The number of hydrogen-bond acceptors (Lipinski definition) is 4. The van der Waals surface area contributed by atoms with Crippen LogP contribution in [0, 0.1) is 0 Å². The van der Waals surface area contributed by atoms with E-state index in [-0.39, 0.29) is 6.42 Å². The summed E-state index contributed by atoms with van der Waals surface area (Å²) < 4.78 is 37.9. The van der Waals surface area contributed by atoms with Gasteiger partial charge in [-0.25, -0.2) is 0 Å². The van der Waals surface area contributed by atoms with Gasteiger partial charge in [-0.2, -0.15) is 18.7 Å². The molecule has 1 unspecified atom stereocenters. The number of alkyl halides is 3. The zero-order valence-corrected chi connectivity index (χ0v) is 10.8. The van der Waals surface area contributed by atoms with Crippen molar-refractivity contribution in [3.63, 3.8) is 0 Å². The van der Waals surface area contributed by atoms with Crippen LogP contribution in [0.1, 0.15) is 6.42 Å². The molecule has 108 valence electrons. The van der Waals surface area contributed by atoms with Crippen LogP contribution in [0.3, 0.4) is 0 Å². The number of hydrogen-bond donors (Lipinski definition) is 2. The van der Waals surface area contributed by atoms with Crippen molar-refractivity contribution < 1.29 is 18.0 Å². The lowest BCUT2D eigenvalue weighted by Crippen LogP contribution is -2.62. The van der Waals surface area contributed by atoms with Crippen LogP contribution >= 0.6 is 0 Å². The Morgan fingerprint density at radius 1 is 1.37 bits per heavy atom. The molecule has 1 aliphatic carbocycles. The maximum Gasteiger partial charge on any atom is 0.416 e. The number of nitrogens with one attached hydrogen (secondary N) is 2. The Balaban J connectivity index is 2.15. The second-order valence-corrected chi connectivity index (χ2v) is 4.66. The van der Waals surface area contributed by atoms with E-state index in [2.05, 4.69) is 15.7 Å². The molecule has 0 aromatic rings. The summed E-state index contributed by atoms with van der Waals surface area (Å²) in [6.45, 7) is 3.15. The van der Waals surface area contributed by atoms with Gasteiger partial charge in [-0.1, -0.05) is 12.2 Å². The summed E-state index contributed by atoms with van der Waals surface area (Å²) in [7, 11) is 1.47. The minimum absolute atomic E-state index is 0.228. The van der Waals surface area contributed by atoms with Crippen LogP contribution < -0.4 is 10.8 Å². The molecular weight excluding hydrogens is 259 g/mol. The first-order chi connectivity index (χ1) is 8.98. The number of rotatable bonds is 3. The summed E-state index contributed by atoms with van der Waals surface area (Å²) in [6, 6.07) is 0. The van der Waals surface area contributed by atoms with Crippen LogP contribution in [0.5, 0.6) is 0 Å². The van der Waals surface area contributed by atoms with Crippen molar-refractivity contribution in [1.82, 2.24) is 15.7 Å². The Labute approximate surface area is 110 Å². The van der Waals surface area contributed by atoms with E-state index >= 15 is 0 Å². The minimum atomic E-state index is -4.29. The Morgan fingerprint density at radius 3 is 2.53 bits per heavy atom. The van der Waals surface area contributed by atoms with Crippen molar-refractivity contribution in [3.05, 3.63) is 23.8 Å². The molecule has 0 amide bonds. The monoisotopic (exact) mass is 277 g/mol. The fourth-order valence-corrected chi connectivity index (χ4v) is 2.45. The first kappa shape index (κ1) is 14.5. The fraction of sp³-hybridized carbons (Fsp3) is 0.667. The highest BCUT2D eigenvalue weighted by molar-refractivity contribution is 5.32. The number of hydroxylamine groups is 1. The van der Waals surface area contributed by atoms with Crippen molar-refractivity contribution in [2.45, 2.75) is 18.3 Å². The molecule has 1 heterocycles. The minimum Gasteiger partial charge on any atom is -0.314 e. The molecule has 7 heteroatoms. The first-order valence-electron chi connectivity index (χ1n) is 6.20. The van der Waals surface area contributed by atoms with Crippen LogP contribution in [0.15, 0.2) is 23.8 Å². The zero-order chi connectivity index (χ0) is 13.9. The zero-order valence-electron chi connectivity index (χ0n) is 10.8. The largest absolute Gasteiger partial charge is 0.416 e. The van der Waals surface area contributed by atoms with Gasteiger partial charge in [0.2, 0.25) is 0 Å². The molecule has 4 nitrogen and oxygen atoms in total. The van der Waals surface area contributed by atoms with Gasteiger partial charge >= 0.3 is 6.18 Å². The maximum absolute atomic E-state index is 12.6. The summed E-state index contributed by atoms with van der Waals surface area (Å²) in [5, 5.41) is 3.22. The van der Waals surface area contributed by atoms with Crippen molar-refractivity contribution in [2.24, 2.45) is 0 Å². The van der Waals surface area contributed by atoms with Gasteiger partial charge in [0.15, 0.2) is 0 Å². The SMILES string of the molecule is CONC1(N2CCNCC2)C=CC(C(F)(F)F)=CC1. The van der Waals surface area contributed by atoms with E-state index in [1.165, 1.54) is 13.2 Å². The van der Waals surface area contributed by atoms with E-state index in [4.69, 9.17) is 4.84 Å². The predicted octanol–water partition coefficient (Wildman–Crippen LogP) is 1.19. The number of nitrogens with zero attached hydrogens (tertiary/aromatic N) is 1. The summed E-state index contributed by atoms with van der Waals surface area (Å²) in [5.74, 6) is 0. The van der Waals surface area contributed by atoms with Gasteiger partial charge in [-0.15, -0.1) is 0 Å². The van der Waals surface area contributed by atoms with Gasteiger partial charge in [0.1, 0.15) is 5.66 Å². The van der Waals surface area contributed by atoms with E-state index in [1.807, 2.05) is 0 Å². The van der Waals surface area contributed by atoms with E-state index in [1.54, 1.807) is 6.08 Å². The van der Waals surface area contributed by atoms with E-state index in [0.717, 1.165) is 32.3 Å². The maximum atomic E-state index is 12.6. The van der Waals surface area contributed by atoms with Crippen LogP contribution in [0.2, 0.25) is 0 Å². The topological polar surface area (TPSA) is 36.5 Å². The van der Waals surface area contributed by atoms with Crippen molar-refractivity contribution in [1.29, 1.82) is 0 Å². The highest BCUT2D eigenvalue weighted by atomic mass is 19.4. The van der Waals surface area contributed by atoms with Gasteiger partial charge in [0.25, 0.3) is 0 Å². The molecule has 19 heavy (non-hydrogen) atoms. The molecule has 0 aromatic heterocycles. The molecule has 2 rings (SSSR count). The molecule has 2 N–H and O–H groups in total. The predicted molar refractivity (Wildman–Crippen MR) is 65.2 cm³/mol. The van der Waals surface area contributed by atoms with Gasteiger partial charge in [-0.05, 0) is 6.08 Å². The lowest BCUT2D eigenvalue weighted by Gasteiger charge is -2.44. The van der Waals surface area contributed by atoms with Crippen molar-refractivity contribution >= 4 is 0 Å². The van der Waals surface area contributed by atoms with E-state index in [0.29, 0.717) is 0 Å². The van der Waals surface area contributed by atoms with Crippen LogP contribution in [0.4, 0.5) is 13.2 Å². The third-order valence-electron chi connectivity index (χ3n) is 3.46. The standard InChI is InChI=1S/C12H18F3N3O/c1-19-17-11(18-8-6-16-7-9-18)4-2-10(3-5-11)12(13,14)15/h2-4,16-17H,5-9H2,1H3. The lowest BCUT2D eigenvalue weighted by molar-refractivity contribution is -0.0910. The molecule has 1 fully saturated rings. The van der Waals surface area contributed by atoms with Crippen molar-refractivity contribution in [3.8, 4) is 0 Å².